The fourth-order valence-electron chi connectivity index (χ4n) is 2.50. The zero-order valence-corrected chi connectivity index (χ0v) is 13.3. The summed E-state index contributed by atoms with van der Waals surface area (Å²) in [5.74, 6) is -1.52. The molecule has 1 aliphatic rings. The summed E-state index contributed by atoms with van der Waals surface area (Å²) in [5.41, 5.74) is 0.625. The van der Waals surface area contributed by atoms with E-state index < -0.39 is 11.6 Å². The molecule has 1 aromatic carbocycles. The lowest BCUT2D eigenvalue weighted by atomic mass is 10.1. The quantitative estimate of drug-likeness (QED) is 0.781. The van der Waals surface area contributed by atoms with Gasteiger partial charge >= 0.3 is 0 Å². The summed E-state index contributed by atoms with van der Waals surface area (Å²) < 4.78 is 26.6. The first-order valence-electron chi connectivity index (χ1n) is 7.55. The number of hydrogen-bond donors (Lipinski definition) is 0. The topological polar surface area (TPSA) is 40.6 Å². The van der Waals surface area contributed by atoms with Gasteiger partial charge < -0.3 is 9.80 Å². The maximum absolute atomic E-state index is 13.7. The van der Waals surface area contributed by atoms with Gasteiger partial charge in [-0.15, -0.1) is 0 Å². The molecule has 0 aromatic heterocycles. The molecule has 1 aliphatic heterocycles. The van der Waals surface area contributed by atoms with Crippen molar-refractivity contribution >= 4 is 17.4 Å². The van der Waals surface area contributed by atoms with Crippen molar-refractivity contribution in [3.8, 4) is 0 Å². The molecule has 0 spiro atoms. The second-order valence-electron chi connectivity index (χ2n) is 5.70. The number of carbonyl (C=O) groups excluding carboxylic acids is 2. The Kier molecular flexibility index (Phi) is 5.47. The predicted octanol–water partition coefficient (Wildman–Crippen LogP) is 2.45. The molecule has 23 heavy (non-hydrogen) atoms. The van der Waals surface area contributed by atoms with Crippen LogP contribution in [0, 0.1) is 11.6 Å². The average molecular weight is 322 g/mol. The number of nitrogens with zero attached hydrogens (tertiary/aromatic N) is 2. The van der Waals surface area contributed by atoms with Crippen LogP contribution in [0.5, 0.6) is 0 Å². The molecule has 6 heteroatoms. The van der Waals surface area contributed by atoms with Gasteiger partial charge in [0.15, 0.2) is 0 Å². The number of likely N-dealkylation sites (tertiary alicyclic amines) is 1. The largest absolute Gasteiger partial charge is 0.341 e. The SMILES string of the molecule is C/C(=C\C(=O)N(C)CCN1CCCC1=O)c1ccc(F)cc1F. The molecule has 0 aliphatic carbocycles. The van der Waals surface area contributed by atoms with Crippen molar-refractivity contribution in [1.82, 2.24) is 9.80 Å². The van der Waals surface area contributed by atoms with Gasteiger partial charge in [0.1, 0.15) is 11.6 Å². The van der Waals surface area contributed by atoms with E-state index in [0.29, 0.717) is 25.1 Å². The molecule has 0 saturated carbocycles. The Balaban J connectivity index is 1.97. The van der Waals surface area contributed by atoms with Gasteiger partial charge in [0.05, 0.1) is 0 Å². The molecule has 1 saturated heterocycles. The summed E-state index contributed by atoms with van der Waals surface area (Å²) in [4.78, 5) is 26.9. The van der Waals surface area contributed by atoms with Gasteiger partial charge in [-0.05, 0) is 31.1 Å². The van der Waals surface area contributed by atoms with Crippen molar-refractivity contribution in [3.63, 3.8) is 0 Å². The van der Waals surface area contributed by atoms with E-state index in [1.165, 1.54) is 17.0 Å². The summed E-state index contributed by atoms with van der Waals surface area (Å²) in [6.07, 6.45) is 2.75. The van der Waals surface area contributed by atoms with Crippen LogP contribution in [0.15, 0.2) is 24.3 Å². The Morgan fingerprint density at radius 1 is 1.39 bits per heavy atom. The molecule has 1 fully saturated rings. The predicted molar refractivity (Wildman–Crippen MR) is 83.5 cm³/mol. The van der Waals surface area contributed by atoms with Gasteiger partial charge in [-0.3, -0.25) is 9.59 Å². The number of rotatable bonds is 5. The average Bonchev–Trinajstić information content (AvgIpc) is 2.89. The Labute approximate surface area is 134 Å². The molecule has 0 radical (unpaired) electrons. The molecule has 0 N–H and O–H groups in total. The molecule has 4 nitrogen and oxygen atoms in total. The minimum atomic E-state index is -0.697. The number of allylic oxidation sites excluding steroid dienone is 1. The van der Waals surface area contributed by atoms with E-state index in [9.17, 15) is 18.4 Å². The second-order valence-corrected chi connectivity index (χ2v) is 5.70. The van der Waals surface area contributed by atoms with Crippen molar-refractivity contribution < 1.29 is 18.4 Å². The maximum atomic E-state index is 13.7. The van der Waals surface area contributed by atoms with Crippen molar-refractivity contribution in [2.24, 2.45) is 0 Å². The van der Waals surface area contributed by atoms with E-state index in [1.807, 2.05) is 0 Å². The van der Waals surface area contributed by atoms with E-state index in [-0.39, 0.29) is 17.4 Å². The van der Waals surface area contributed by atoms with Crippen LogP contribution in [0.4, 0.5) is 8.78 Å². The third kappa shape index (κ3) is 4.37. The minimum absolute atomic E-state index is 0.117. The summed E-state index contributed by atoms with van der Waals surface area (Å²) in [7, 11) is 1.63. The highest BCUT2D eigenvalue weighted by molar-refractivity contribution is 5.94. The molecule has 1 aromatic rings. The first kappa shape index (κ1) is 17.1. The Morgan fingerprint density at radius 2 is 2.13 bits per heavy atom. The Morgan fingerprint density at radius 3 is 2.74 bits per heavy atom. The van der Waals surface area contributed by atoms with Crippen LogP contribution >= 0.6 is 0 Å². The maximum Gasteiger partial charge on any atom is 0.246 e. The van der Waals surface area contributed by atoms with E-state index in [0.717, 1.165) is 25.1 Å². The number of halogens is 2. The highest BCUT2D eigenvalue weighted by Crippen LogP contribution is 2.19. The fraction of sp³-hybridized carbons (Fsp3) is 0.412. The normalized spacial score (nSPS) is 15.2. The zero-order valence-electron chi connectivity index (χ0n) is 13.3. The van der Waals surface area contributed by atoms with Gasteiger partial charge in [-0.2, -0.15) is 0 Å². The number of likely N-dealkylation sites (N-methyl/N-ethyl adjacent to an activating group) is 1. The summed E-state index contributed by atoms with van der Waals surface area (Å²) in [5, 5.41) is 0. The van der Waals surface area contributed by atoms with Crippen molar-refractivity contribution in [2.45, 2.75) is 19.8 Å². The van der Waals surface area contributed by atoms with E-state index >= 15 is 0 Å². The van der Waals surface area contributed by atoms with Crippen molar-refractivity contribution in [2.75, 3.05) is 26.7 Å². The Hall–Kier alpha value is -2.24. The van der Waals surface area contributed by atoms with Crippen LogP contribution in [0.2, 0.25) is 0 Å². The van der Waals surface area contributed by atoms with Crippen LogP contribution in [0.25, 0.3) is 5.57 Å². The highest BCUT2D eigenvalue weighted by atomic mass is 19.1. The van der Waals surface area contributed by atoms with E-state index in [4.69, 9.17) is 0 Å². The van der Waals surface area contributed by atoms with Crippen LogP contribution in [-0.4, -0.2) is 48.3 Å². The lowest BCUT2D eigenvalue weighted by Gasteiger charge is -2.21. The van der Waals surface area contributed by atoms with E-state index in [1.54, 1.807) is 18.9 Å². The number of hydrogen-bond acceptors (Lipinski definition) is 2. The summed E-state index contributed by atoms with van der Waals surface area (Å²) in [6, 6.07) is 3.26. The monoisotopic (exact) mass is 322 g/mol. The van der Waals surface area contributed by atoms with Gasteiger partial charge in [-0.25, -0.2) is 8.78 Å². The lowest BCUT2D eigenvalue weighted by Crippen LogP contribution is -2.36. The van der Waals surface area contributed by atoms with Crippen LogP contribution < -0.4 is 0 Å². The first-order chi connectivity index (χ1) is 10.9. The highest BCUT2D eigenvalue weighted by Gasteiger charge is 2.20. The van der Waals surface area contributed by atoms with Crippen molar-refractivity contribution in [1.29, 1.82) is 0 Å². The van der Waals surface area contributed by atoms with Gasteiger partial charge in [0.2, 0.25) is 11.8 Å². The molecule has 1 heterocycles. The molecule has 124 valence electrons. The lowest BCUT2D eigenvalue weighted by molar-refractivity contribution is -0.130. The first-order valence-corrected chi connectivity index (χ1v) is 7.55. The molecule has 0 atom stereocenters. The third-order valence-corrected chi connectivity index (χ3v) is 3.95. The molecular weight excluding hydrogens is 302 g/mol. The van der Waals surface area contributed by atoms with E-state index in [2.05, 4.69) is 0 Å². The summed E-state index contributed by atoms with van der Waals surface area (Å²) in [6.45, 7) is 3.25. The molecule has 0 unspecified atom stereocenters. The Bertz CT molecular complexity index is 643. The number of amides is 2. The van der Waals surface area contributed by atoms with Gasteiger partial charge in [-0.1, -0.05) is 0 Å². The molecule has 0 bridgehead atoms. The molecular formula is C17H20F2N2O2. The van der Waals surface area contributed by atoms with Crippen LogP contribution in [0.3, 0.4) is 0 Å². The van der Waals surface area contributed by atoms with Gasteiger partial charge in [0, 0.05) is 50.8 Å². The summed E-state index contributed by atoms with van der Waals surface area (Å²) >= 11 is 0. The number of carbonyl (C=O) groups is 2. The second kappa shape index (κ2) is 7.35. The van der Waals surface area contributed by atoms with Crippen LogP contribution in [-0.2, 0) is 9.59 Å². The van der Waals surface area contributed by atoms with Crippen LogP contribution in [0.1, 0.15) is 25.3 Å². The van der Waals surface area contributed by atoms with Crippen molar-refractivity contribution in [3.05, 3.63) is 41.5 Å². The minimum Gasteiger partial charge on any atom is -0.341 e. The smallest absolute Gasteiger partial charge is 0.246 e. The zero-order chi connectivity index (χ0) is 17.0. The van der Waals surface area contributed by atoms with Gasteiger partial charge in [0.25, 0.3) is 0 Å². The molecule has 2 rings (SSSR count). The third-order valence-electron chi connectivity index (χ3n) is 3.95. The fourth-order valence-corrected chi connectivity index (χ4v) is 2.50. The number of benzene rings is 1. The standard InChI is InChI=1S/C17H20F2N2O2/c1-12(14-6-5-13(18)11-15(14)19)10-17(23)20(2)8-9-21-7-3-4-16(21)22/h5-6,10-11H,3-4,7-9H2,1-2H3/b12-10+. The molecule has 2 amide bonds.